The zero-order chi connectivity index (χ0) is 36.2. The Balaban J connectivity index is 1.54. The summed E-state index contributed by atoms with van der Waals surface area (Å²) in [6, 6.07) is 20.4. The Bertz CT molecular complexity index is 2010. The van der Waals surface area contributed by atoms with Crippen LogP contribution < -0.4 is 14.9 Å². The van der Waals surface area contributed by atoms with Crippen LogP contribution in [-0.4, -0.2) is 41.4 Å². The minimum Gasteiger partial charge on any atom is -0.362 e. The van der Waals surface area contributed by atoms with Gasteiger partial charge in [-0.05, 0) is 85.4 Å². The number of aromatic nitrogens is 3. The minimum absolute atomic E-state index is 0.0732. The van der Waals surface area contributed by atoms with Gasteiger partial charge >= 0.3 is 0 Å². The van der Waals surface area contributed by atoms with E-state index < -0.39 is 15.9 Å². The fourth-order valence-electron chi connectivity index (χ4n) is 7.31. The summed E-state index contributed by atoms with van der Waals surface area (Å²) in [5.74, 6) is 0.642. The summed E-state index contributed by atoms with van der Waals surface area (Å²) in [5.41, 5.74) is 3.99. The number of nitrogens with zero attached hydrogens (tertiary/aromatic N) is 4. The molecular formula is C40H50N6O3S. The van der Waals surface area contributed by atoms with Gasteiger partial charge in [-0.3, -0.25) is 9.78 Å². The number of fused-ring (bicyclic) bond motifs is 6. The van der Waals surface area contributed by atoms with Gasteiger partial charge in [-0.25, -0.2) is 14.7 Å². The van der Waals surface area contributed by atoms with Gasteiger partial charge in [-0.2, -0.15) is 8.42 Å². The van der Waals surface area contributed by atoms with Crippen LogP contribution in [-0.2, 0) is 20.9 Å². The van der Waals surface area contributed by atoms with Crippen LogP contribution >= 0.6 is 0 Å². The molecule has 9 nitrogen and oxygen atoms in total. The van der Waals surface area contributed by atoms with Gasteiger partial charge in [0.2, 0.25) is 0 Å². The summed E-state index contributed by atoms with van der Waals surface area (Å²) < 4.78 is 30.1. The minimum atomic E-state index is -4.36. The van der Waals surface area contributed by atoms with Crippen LogP contribution in [0.4, 0.5) is 11.6 Å². The van der Waals surface area contributed by atoms with Crippen LogP contribution in [0.25, 0.3) is 11.1 Å². The zero-order valence-electron chi connectivity index (χ0n) is 30.7. The molecule has 1 fully saturated rings. The van der Waals surface area contributed by atoms with E-state index in [4.69, 9.17) is 9.97 Å². The molecular weight excluding hydrogens is 645 g/mol. The van der Waals surface area contributed by atoms with Crippen LogP contribution in [0.3, 0.4) is 0 Å². The van der Waals surface area contributed by atoms with Crippen molar-refractivity contribution in [1.29, 1.82) is 0 Å². The molecule has 2 aliphatic rings. The summed E-state index contributed by atoms with van der Waals surface area (Å²) >= 11 is 0. The van der Waals surface area contributed by atoms with E-state index in [1.54, 1.807) is 12.1 Å². The molecule has 0 aliphatic carbocycles. The fraction of sp³-hybridized carbons (Fsp3) is 0.450. The lowest BCUT2D eigenvalue weighted by molar-refractivity contribution is 0.0981. The van der Waals surface area contributed by atoms with Gasteiger partial charge in [-0.1, -0.05) is 84.9 Å². The van der Waals surface area contributed by atoms with Gasteiger partial charge in [0.15, 0.2) is 5.03 Å². The third-order valence-electron chi connectivity index (χ3n) is 10.2. The van der Waals surface area contributed by atoms with Gasteiger partial charge < -0.3 is 10.2 Å². The number of anilines is 2. The lowest BCUT2D eigenvalue weighted by atomic mass is 9.82. The molecule has 1 unspecified atom stereocenters. The highest BCUT2D eigenvalue weighted by atomic mass is 32.2. The molecule has 0 saturated carbocycles. The molecule has 1 aromatic carbocycles. The highest BCUT2D eigenvalue weighted by molar-refractivity contribution is 7.90. The highest BCUT2D eigenvalue weighted by Crippen LogP contribution is 2.45. The Kier molecular flexibility index (Phi) is 9.08. The largest absolute Gasteiger partial charge is 0.362 e. The second-order valence-electron chi connectivity index (χ2n) is 16.7. The van der Waals surface area contributed by atoms with Crippen molar-refractivity contribution in [2.24, 2.45) is 11.8 Å². The molecule has 10 heteroatoms. The van der Waals surface area contributed by atoms with Crippen LogP contribution in [0.2, 0.25) is 0 Å². The van der Waals surface area contributed by atoms with E-state index in [1.165, 1.54) is 11.6 Å². The topological polar surface area (TPSA) is 117 Å². The Morgan fingerprint density at radius 3 is 2.28 bits per heavy atom. The monoisotopic (exact) mass is 694 g/mol. The first-order valence-corrected chi connectivity index (χ1v) is 19.0. The van der Waals surface area contributed by atoms with Crippen molar-refractivity contribution >= 4 is 27.6 Å². The van der Waals surface area contributed by atoms with E-state index >= 15 is 0 Å². The summed E-state index contributed by atoms with van der Waals surface area (Å²) in [7, 11) is -4.36. The first-order chi connectivity index (χ1) is 23.3. The number of carbonyl (C=O) groups excluding carboxylic acids is 1. The van der Waals surface area contributed by atoms with E-state index in [0.717, 1.165) is 35.4 Å². The molecule has 2 N–H and O–H groups in total. The standard InChI is InChI=1S/C40H50N6O3S/c1-25-20-32(31-21-28(18-19-41-31)38(2,3)4)42-33-16-13-17-34(43-33)50(48,49)45-37(47)30-22-29(26-14-11-10-12-15-26)35(39(5,6)7)44-36(30)46-24-27(25)23-40(46,8)9/h10-19,21-22,25,27,32H,20,23-24H2,1-9H3,(H,42,43)(H,45,47)/t25-,27-,32?/m0/s1. The highest BCUT2D eigenvalue weighted by Gasteiger charge is 2.44. The van der Waals surface area contributed by atoms with Gasteiger partial charge in [0.25, 0.3) is 15.9 Å². The predicted octanol–water partition coefficient (Wildman–Crippen LogP) is 8.05. The van der Waals surface area contributed by atoms with E-state index in [0.29, 0.717) is 18.2 Å². The normalized spacial score (nSPS) is 22.1. The average molecular weight is 695 g/mol. The second-order valence-corrected chi connectivity index (χ2v) is 18.3. The summed E-state index contributed by atoms with van der Waals surface area (Å²) in [6.07, 6.45) is 3.46. The van der Waals surface area contributed by atoms with Crippen molar-refractivity contribution in [3.8, 4) is 11.1 Å². The van der Waals surface area contributed by atoms with Gasteiger partial charge in [-0.15, -0.1) is 0 Å². The Morgan fingerprint density at radius 1 is 0.880 bits per heavy atom. The van der Waals surface area contributed by atoms with E-state index in [-0.39, 0.29) is 44.8 Å². The maximum absolute atomic E-state index is 14.3. The Hall–Kier alpha value is -4.31. The quantitative estimate of drug-likeness (QED) is 0.217. The zero-order valence-corrected chi connectivity index (χ0v) is 31.5. The molecule has 3 aromatic heterocycles. The summed E-state index contributed by atoms with van der Waals surface area (Å²) in [4.78, 5) is 31.1. The molecule has 0 spiro atoms. The Labute approximate surface area is 297 Å². The number of sulfonamides is 1. The number of benzene rings is 1. The molecule has 50 heavy (non-hydrogen) atoms. The molecule has 1 saturated heterocycles. The van der Waals surface area contributed by atoms with Crippen LogP contribution in [0.15, 0.2) is 78.0 Å². The van der Waals surface area contributed by atoms with Crippen LogP contribution in [0.5, 0.6) is 0 Å². The van der Waals surface area contributed by atoms with Crippen molar-refractivity contribution in [2.45, 2.75) is 103 Å². The number of amides is 1. The van der Waals surface area contributed by atoms with Crippen LogP contribution in [0.1, 0.15) is 109 Å². The Morgan fingerprint density at radius 2 is 1.60 bits per heavy atom. The van der Waals surface area contributed by atoms with Crippen molar-refractivity contribution < 1.29 is 13.2 Å². The van der Waals surface area contributed by atoms with Gasteiger partial charge in [0.1, 0.15) is 11.6 Å². The number of carbonyl (C=O) groups is 1. The maximum Gasteiger partial charge on any atom is 0.281 e. The first kappa shape index (κ1) is 35.5. The number of pyridine rings is 3. The molecule has 6 rings (SSSR count). The first-order valence-electron chi connectivity index (χ1n) is 17.5. The van der Waals surface area contributed by atoms with E-state index in [2.05, 4.69) is 88.3 Å². The van der Waals surface area contributed by atoms with Gasteiger partial charge in [0, 0.05) is 29.3 Å². The predicted molar refractivity (Wildman–Crippen MR) is 200 cm³/mol. The maximum atomic E-state index is 14.3. The van der Waals surface area contributed by atoms with Gasteiger partial charge in [0.05, 0.1) is 23.0 Å². The third-order valence-corrected chi connectivity index (χ3v) is 11.4. The molecule has 3 atom stereocenters. The molecule has 1 amide bonds. The number of hydrogen-bond acceptors (Lipinski definition) is 8. The smallest absolute Gasteiger partial charge is 0.281 e. The lowest BCUT2D eigenvalue weighted by Gasteiger charge is -2.35. The van der Waals surface area contributed by atoms with Crippen molar-refractivity contribution in [2.75, 3.05) is 16.8 Å². The molecule has 2 aliphatic heterocycles. The van der Waals surface area contributed by atoms with Crippen LogP contribution in [0, 0.1) is 11.8 Å². The molecule has 4 aromatic rings. The lowest BCUT2D eigenvalue weighted by Crippen LogP contribution is -2.41. The number of rotatable bonds is 2. The van der Waals surface area contributed by atoms with E-state index in [9.17, 15) is 13.2 Å². The van der Waals surface area contributed by atoms with Crippen molar-refractivity contribution in [3.63, 3.8) is 0 Å². The molecule has 0 radical (unpaired) electrons. The molecule has 5 heterocycles. The van der Waals surface area contributed by atoms with Crippen molar-refractivity contribution in [1.82, 2.24) is 19.7 Å². The number of nitrogens with one attached hydrogen (secondary N) is 2. The summed E-state index contributed by atoms with van der Waals surface area (Å²) in [5, 5.41) is 3.28. The SMILES string of the molecule is C[C@H]1CC(c2cc(C(C)(C)C)ccn2)Nc2cccc(n2)S(=O)(=O)NC(=O)c2cc(-c3ccccc3)c(C(C)(C)C)nc2N2C[C@@H]1CC2(C)C. The average Bonchev–Trinajstić information content (AvgIpc) is 3.37. The number of hydrogen-bond donors (Lipinski definition) is 2. The fourth-order valence-corrected chi connectivity index (χ4v) is 8.25. The second kappa shape index (κ2) is 12.8. The van der Waals surface area contributed by atoms with Crippen molar-refractivity contribution in [3.05, 3.63) is 95.4 Å². The third kappa shape index (κ3) is 7.13. The summed E-state index contributed by atoms with van der Waals surface area (Å²) in [6.45, 7) is 20.2. The van der Waals surface area contributed by atoms with E-state index in [1.807, 2.05) is 48.7 Å². The molecule has 4 bridgehead atoms. The molecule has 264 valence electrons.